The van der Waals surface area contributed by atoms with Crippen molar-refractivity contribution in [2.24, 2.45) is 5.92 Å². The number of carbonyl (C=O) groups is 5. The van der Waals surface area contributed by atoms with E-state index in [4.69, 9.17) is 0 Å². The number of piperidine rings is 2. The first-order valence-electron chi connectivity index (χ1n) is 10.5. The molecule has 1 N–H and O–H groups in total. The zero-order chi connectivity index (χ0) is 21.3. The maximum atomic E-state index is 13.1. The van der Waals surface area contributed by atoms with Gasteiger partial charge < -0.3 is 4.79 Å². The van der Waals surface area contributed by atoms with Gasteiger partial charge in [-0.25, -0.2) is 0 Å². The molecule has 3 aliphatic rings. The summed E-state index contributed by atoms with van der Waals surface area (Å²) in [4.78, 5) is 63.5. The van der Waals surface area contributed by atoms with Crippen LogP contribution in [0.2, 0.25) is 0 Å². The Morgan fingerprint density at radius 2 is 1.80 bits per heavy atom. The van der Waals surface area contributed by atoms with E-state index in [9.17, 15) is 24.0 Å². The highest BCUT2D eigenvalue weighted by Gasteiger charge is 2.45. The molecule has 8 nitrogen and oxygen atoms in total. The monoisotopic (exact) mass is 411 g/mol. The van der Waals surface area contributed by atoms with E-state index in [1.165, 1.54) is 0 Å². The van der Waals surface area contributed by atoms with Gasteiger partial charge in [-0.05, 0) is 62.7 Å². The third-order valence-electron chi connectivity index (χ3n) is 6.42. The van der Waals surface area contributed by atoms with Crippen LogP contribution in [0.4, 0.5) is 0 Å². The summed E-state index contributed by atoms with van der Waals surface area (Å²) in [5, 5.41) is 2.22. The fraction of sp³-hybridized carbons (Fsp3) is 0.500. The Balaban J connectivity index is 1.46. The predicted molar refractivity (Wildman–Crippen MR) is 107 cm³/mol. The maximum Gasteiger partial charge on any atom is 0.262 e. The SMILES string of the molecule is O=CCN1CCC(CCc2cccc3c2C(=O)N(C2CCC(=O)NC2=O)C3=O)CC1. The van der Waals surface area contributed by atoms with Crippen molar-refractivity contribution in [3.63, 3.8) is 0 Å². The molecule has 0 radical (unpaired) electrons. The molecule has 4 rings (SSSR count). The number of fused-ring (bicyclic) bond motifs is 1. The molecule has 158 valence electrons. The zero-order valence-corrected chi connectivity index (χ0v) is 16.8. The van der Waals surface area contributed by atoms with Gasteiger partial charge in [0.2, 0.25) is 11.8 Å². The summed E-state index contributed by atoms with van der Waals surface area (Å²) in [6, 6.07) is 4.34. The van der Waals surface area contributed by atoms with Gasteiger partial charge in [0, 0.05) is 6.42 Å². The van der Waals surface area contributed by atoms with Crippen molar-refractivity contribution in [1.29, 1.82) is 0 Å². The Bertz CT molecular complexity index is 904. The topological polar surface area (TPSA) is 104 Å². The van der Waals surface area contributed by atoms with E-state index in [0.717, 1.165) is 49.1 Å². The molecule has 8 heteroatoms. The van der Waals surface area contributed by atoms with Crippen molar-refractivity contribution in [3.8, 4) is 0 Å². The molecular weight excluding hydrogens is 386 g/mol. The van der Waals surface area contributed by atoms with E-state index in [1.54, 1.807) is 12.1 Å². The van der Waals surface area contributed by atoms with Gasteiger partial charge in [0.15, 0.2) is 0 Å². The molecule has 3 aliphatic heterocycles. The zero-order valence-electron chi connectivity index (χ0n) is 16.8. The molecule has 0 bridgehead atoms. The Labute approximate surface area is 174 Å². The number of carbonyl (C=O) groups excluding carboxylic acids is 5. The molecule has 4 amide bonds. The average Bonchev–Trinajstić information content (AvgIpc) is 2.99. The average molecular weight is 411 g/mol. The van der Waals surface area contributed by atoms with E-state index in [1.807, 2.05) is 6.07 Å². The van der Waals surface area contributed by atoms with Gasteiger partial charge in [0.1, 0.15) is 12.3 Å². The molecule has 0 spiro atoms. The van der Waals surface area contributed by atoms with Crippen LogP contribution < -0.4 is 5.32 Å². The van der Waals surface area contributed by atoms with Crippen LogP contribution >= 0.6 is 0 Å². The lowest BCUT2D eigenvalue weighted by molar-refractivity contribution is -0.136. The van der Waals surface area contributed by atoms with Crippen molar-refractivity contribution < 1.29 is 24.0 Å². The second-order valence-corrected chi connectivity index (χ2v) is 8.24. The van der Waals surface area contributed by atoms with Crippen LogP contribution in [0.25, 0.3) is 0 Å². The lowest BCUT2D eigenvalue weighted by Crippen LogP contribution is -2.54. The van der Waals surface area contributed by atoms with Crippen LogP contribution in [-0.2, 0) is 20.8 Å². The van der Waals surface area contributed by atoms with Gasteiger partial charge in [0.05, 0.1) is 17.7 Å². The highest BCUT2D eigenvalue weighted by Crippen LogP contribution is 2.31. The smallest absolute Gasteiger partial charge is 0.262 e. The van der Waals surface area contributed by atoms with Crippen LogP contribution in [0, 0.1) is 5.92 Å². The molecule has 1 unspecified atom stereocenters. The Kier molecular flexibility index (Phi) is 5.76. The van der Waals surface area contributed by atoms with Crippen LogP contribution in [0.1, 0.15) is 58.4 Å². The van der Waals surface area contributed by atoms with Crippen molar-refractivity contribution in [3.05, 3.63) is 34.9 Å². The number of hydrogen-bond acceptors (Lipinski definition) is 6. The van der Waals surface area contributed by atoms with Crippen molar-refractivity contribution in [1.82, 2.24) is 15.1 Å². The Hall–Kier alpha value is -2.87. The maximum absolute atomic E-state index is 13.1. The molecule has 3 heterocycles. The fourth-order valence-electron chi connectivity index (χ4n) is 4.72. The quantitative estimate of drug-likeness (QED) is 0.552. The van der Waals surface area contributed by atoms with Gasteiger partial charge in [0.25, 0.3) is 11.8 Å². The first kappa shape index (κ1) is 20.4. The molecule has 0 aromatic heterocycles. The first-order valence-corrected chi connectivity index (χ1v) is 10.5. The molecule has 1 aromatic carbocycles. The van der Waals surface area contributed by atoms with Crippen LogP contribution in [0.15, 0.2) is 18.2 Å². The third-order valence-corrected chi connectivity index (χ3v) is 6.42. The van der Waals surface area contributed by atoms with E-state index in [0.29, 0.717) is 30.0 Å². The highest BCUT2D eigenvalue weighted by molar-refractivity contribution is 6.24. The second-order valence-electron chi connectivity index (χ2n) is 8.24. The van der Waals surface area contributed by atoms with Gasteiger partial charge in [-0.15, -0.1) is 0 Å². The standard InChI is InChI=1S/C22H25N3O5/c26-13-12-24-10-8-14(9-11-24)4-5-15-2-1-3-16-19(15)22(30)25(21(16)29)17-6-7-18(27)23-20(17)28/h1-3,13-14,17H,4-12H2,(H,23,27,28). The predicted octanol–water partition coefficient (Wildman–Crippen LogP) is 0.931. The summed E-state index contributed by atoms with van der Waals surface area (Å²) in [6.07, 6.45) is 4.82. The van der Waals surface area contributed by atoms with E-state index >= 15 is 0 Å². The normalized spacial score (nSPS) is 22.9. The van der Waals surface area contributed by atoms with Gasteiger partial charge >= 0.3 is 0 Å². The Morgan fingerprint density at radius 1 is 1.03 bits per heavy atom. The number of imide groups is 2. The number of amides is 4. The number of nitrogens with one attached hydrogen (secondary N) is 1. The number of likely N-dealkylation sites (tertiary alicyclic amines) is 1. The minimum absolute atomic E-state index is 0.111. The molecule has 2 saturated heterocycles. The minimum atomic E-state index is -0.940. The number of nitrogens with zero attached hydrogens (tertiary/aromatic N) is 2. The second kappa shape index (κ2) is 8.47. The Morgan fingerprint density at radius 3 is 2.50 bits per heavy atom. The summed E-state index contributed by atoms with van der Waals surface area (Å²) in [5.74, 6) is -1.37. The molecule has 1 aromatic rings. The van der Waals surface area contributed by atoms with Gasteiger partial charge in [-0.2, -0.15) is 0 Å². The van der Waals surface area contributed by atoms with E-state index in [2.05, 4.69) is 10.2 Å². The first-order chi connectivity index (χ1) is 14.5. The summed E-state index contributed by atoms with van der Waals surface area (Å²) in [5.41, 5.74) is 1.56. The summed E-state index contributed by atoms with van der Waals surface area (Å²) < 4.78 is 0. The summed E-state index contributed by atoms with van der Waals surface area (Å²) >= 11 is 0. The lowest BCUT2D eigenvalue weighted by Gasteiger charge is -2.30. The lowest BCUT2D eigenvalue weighted by atomic mass is 9.89. The molecule has 0 aliphatic carbocycles. The third kappa shape index (κ3) is 3.79. The van der Waals surface area contributed by atoms with Gasteiger partial charge in [-0.1, -0.05) is 12.1 Å². The largest absolute Gasteiger partial charge is 0.302 e. The van der Waals surface area contributed by atoms with Crippen LogP contribution in [0.5, 0.6) is 0 Å². The summed E-state index contributed by atoms with van der Waals surface area (Å²) in [7, 11) is 0. The van der Waals surface area contributed by atoms with Crippen molar-refractivity contribution in [2.75, 3.05) is 19.6 Å². The number of benzene rings is 1. The molecule has 2 fully saturated rings. The number of rotatable bonds is 6. The van der Waals surface area contributed by atoms with Gasteiger partial charge in [-0.3, -0.25) is 34.3 Å². The number of hydrogen-bond donors (Lipinski definition) is 1. The number of aryl methyl sites for hydroxylation is 1. The minimum Gasteiger partial charge on any atom is -0.302 e. The van der Waals surface area contributed by atoms with Crippen LogP contribution in [-0.4, -0.2) is 65.4 Å². The molecule has 30 heavy (non-hydrogen) atoms. The fourth-order valence-corrected chi connectivity index (χ4v) is 4.72. The van der Waals surface area contributed by atoms with Crippen molar-refractivity contribution in [2.45, 2.75) is 44.6 Å². The highest BCUT2D eigenvalue weighted by atomic mass is 16.2. The van der Waals surface area contributed by atoms with E-state index < -0.39 is 23.8 Å². The molecular formula is C22H25N3O5. The van der Waals surface area contributed by atoms with E-state index in [-0.39, 0.29) is 18.7 Å². The molecule has 1 atom stereocenters. The van der Waals surface area contributed by atoms with Crippen molar-refractivity contribution >= 4 is 29.9 Å². The molecule has 0 saturated carbocycles. The summed E-state index contributed by atoms with van der Waals surface area (Å²) in [6.45, 7) is 2.28. The van der Waals surface area contributed by atoms with Crippen LogP contribution in [0.3, 0.4) is 0 Å². The number of aldehydes is 1.